The van der Waals surface area contributed by atoms with E-state index >= 15 is 0 Å². The molecule has 20 heavy (non-hydrogen) atoms. The molecule has 1 aromatic heterocycles. The molecule has 0 saturated heterocycles. The van der Waals surface area contributed by atoms with Crippen molar-refractivity contribution >= 4 is 17.6 Å². The van der Waals surface area contributed by atoms with Crippen LogP contribution < -0.4 is 4.90 Å². The zero-order chi connectivity index (χ0) is 14.7. The molecule has 7 heteroatoms. The lowest BCUT2D eigenvalue weighted by atomic mass is 10.2. The van der Waals surface area contributed by atoms with Crippen LogP contribution in [-0.4, -0.2) is 34.0 Å². The number of benzene rings is 1. The van der Waals surface area contributed by atoms with Crippen LogP contribution in [0.25, 0.3) is 0 Å². The van der Waals surface area contributed by atoms with E-state index in [1.807, 2.05) is 6.07 Å². The molecule has 1 aromatic carbocycles. The molecule has 1 amide bonds. The van der Waals surface area contributed by atoms with E-state index in [1.165, 1.54) is 11.9 Å². The summed E-state index contributed by atoms with van der Waals surface area (Å²) < 4.78 is 0. The first kappa shape index (κ1) is 13.3. The van der Waals surface area contributed by atoms with Crippen LogP contribution in [0.5, 0.6) is 0 Å². The molecule has 0 aliphatic carbocycles. The van der Waals surface area contributed by atoms with Gasteiger partial charge in [0.25, 0.3) is 5.91 Å². The van der Waals surface area contributed by atoms with E-state index in [-0.39, 0.29) is 11.4 Å². The quantitative estimate of drug-likeness (QED) is 0.872. The van der Waals surface area contributed by atoms with Crippen LogP contribution in [0.2, 0.25) is 0 Å². The molecule has 1 heterocycles. The minimum Gasteiger partial charge on any atom is -0.477 e. The largest absolute Gasteiger partial charge is 0.477 e. The number of carboxylic acids is 1. The first-order chi connectivity index (χ1) is 9.54. The summed E-state index contributed by atoms with van der Waals surface area (Å²) in [4.78, 5) is 30.6. The molecular weight excluding hydrogens is 260 g/mol. The summed E-state index contributed by atoms with van der Waals surface area (Å²) in [6, 6.07) is 8.32. The summed E-state index contributed by atoms with van der Waals surface area (Å²) in [5, 5.41) is 17.7. The fourth-order valence-corrected chi connectivity index (χ4v) is 1.66. The van der Waals surface area contributed by atoms with Crippen molar-refractivity contribution in [1.29, 1.82) is 5.26 Å². The van der Waals surface area contributed by atoms with Crippen molar-refractivity contribution in [3.8, 4) is 6.07 Å². The fraction of sp³-hybridized carbons (Fsp3) is 0.0769. The number of H-pyrrole nitrogens is 1. The van der Waals surface area contributed by atoms with Gasteiger partial charge < -0.3 is 15.0 Å². The SMILES string of the molecule is CN(C(=O)c1nc[nH]c1C(=O)O)c1ccc(C#N)cc1. The number of nitrogens with one attached hydrogen (secondary N) is 1. The standard InChI is InChI=1S/C13H10N4O3/c1-17(9-4-2-8(6-14)3-5-9)12(18)10-11(13(19)20)16-7-15-10/h2-5,7H,1H3,(H,15,16)(H,19,20). The number of anilines is 1. The maximum Gasteiger partial charge on any atom is 0.354 e. The molecule has 0 saturated carbocycles. The molecule has 0 fully saturated rings. The number of amides is 1. The normalized spacial score (nSPS) is 9.80. The lowest BCUT2D eigenvalue weighted by Gasteiger charge is -2.16. The maximum atomic E-state index is 12.2. The minimum atomic E-state index is -1.25. The second-order valence-corrected chi connectivity index (χ2v) is 3.95. The number of imidazole rings is 1. The average molecular weight is 270 g/mol. The monoisotopic (exact) mass is 270 g/mol. The Bertz CT molecular complexity index is 697. The second kappa shape index (κ2) is 5.24. The number of nitrogens with zero attached hydrogens (tertiary/aromatic N) is 3. The Labute approximate surface area is 114 Å². The Balaban J connectivity index is 2.30. The van der Waals surface area contributed by atoms with Crippen LogP contribution in [0.1, 0.15) is 26.5 Å². The van der Waals surface area contributed by atoms with Crippen molar-refractivity contribution < 1.29 is 14.7 Å². The smallest absolute Gasteiger partial charge is 0.354 e. The molecule has 0 radical (unpaired) electrons. The van der Waals surface area contributed by atoms with E-state index in [2.05, 4.69) is 9.97 Å². The summed E-state index contributed by atoms with van der Waals surface area (Å²) in [7, 11) is 1.50. The number of aromatic carboxylic acids is 1. The number of rotatable bonds is 3. The molecule has 0 unspecified atom stereocenters. The average Bonchev–Trinajstić information content (AvgIpc) is 2.95. The van der Waals surface area contributed by atoms with E-state index in [4.69, 9.17) is 10.4 Å². The van der Waals surface area contributed by atoms with E-state index in [9.17, 15) is 9.59 Å². The zero-order valence-electron chi connectivity index (χ0n) is 10.5. The van der Waals surface area contributed by atoms with Gasteiger partial charge >= 0.3 is 5.97 Å². The minimum absolute atomic E-state index is 0.163. The molecule has 2 aromatic rings. The highest BCUT2D eigenvalue weighted by Gasteiger charge is 2.23. The van der Waals surface area contributed by atoms with E-state index < -0.39 is 11.9 Å². The van der Waals surface area contributed by atoms with Crippen LogP contribution in [0, 0.1) is 11.3 Å². The molecule has 0 bridgehead atoms. The van der Waals surface area contributed by atoms with Gasteiger partial charge in [-0.1, -0.05) is 0 Å². The van der Waals surface area contributed by atoms with Gasteiger partial charge in [-0.25, -0.2) is 9.78 Å². The molecule has 0 spiro atoms. The van der Waals surface area contributed by atoms with Crippen LogP contribution in [0.3, 0.4) is 0 Å². The summed E-state index contributed by atoms with van der Waals surface area (Å²) in [6.45, 7) is 0. The van der Waals surface area contributed by atoms with Gasteiger partial charge in [-0.2, -0.15) is 5.26 Å². The van der Waals surface area contributed by atoms with Gasteiger partial charge in [0.2, 0.25) is 0 Å². The van der Waals surface area contributed by atoms with Gasteiger partial charge in [0, 0.05) is 12.7 Å². The Hall–Kier alpha value is -3.14. The number of aromatic nitrogens is 2. The van der Waals surface area contributed by atoms with Crippen LogP contribution in [0.15, 0.2) is 30.6 Å². The van der Waals surface area contributed by atoms with E-state index in [1.54, 1.807) is 24.3 Å². The maximum absolute atomic E-state index is 12.2. The molecular formula is C13H10N4O3. The topological polar surface area (TPSA) is 110 Å². The van der Waals surface area contributed by atoms with Gasteiger partial charge in [-0.05, 0) is 24.3 Å². The number of carbonyl (C=O) groups excluding carboxylic acids is 1. The molecule has 0 aliphatic rings. The molecule has 100 valence electrons. The van der Waals surface area contributed by atoms with Crippen LogP contribution in [0.4, 0.5) is 5.69 Å². The van der Waals surface area contributed by atoms with Gasteiger partial charge in [0.15, 0.2) is 11.4 Å². The van der Waals surface area contributed by atoms with Gasteiger partial charge in [-0.3, -0.25) is 4.79 Å². The Morgan fingerprint density at radius 2 is 2.00 bits per heavy atom. The summed E-state index contributed by atoms with van der Waals surface area (Å²) in [5.41, 5.74) is 0.591. The third kappa shape index (κ3) is 2.35. The number of hydrogen-bond donors (Lipinski definition) is 2. The lowest BCUT2D eigenvalue weighted by Crippen LogP contribution is -2.28. The Morgan fingerprint density at radius 1 is 1.35 bits per heavy atom. The first-order valence-corrected chi connectivity index (χ1v) is 5.59. The lowest BCUT2D eigenvalue weighted by molar-refractivity contribution is 0.0686. The predicted octanol–water partition coefficient (Wildman–Crippen LogP) is 1.26. The molecule has 0 atom stereocenters. The number of hydrogen-bond acceptors (Lipinski definition) is 4. The van der Waals surface area contributed by atoms with Crippen molar-refractivity contribution in [2.75, 3.05) is 11.9 Å². The second-order valence-electron chi connectivity index (χ2n) is 3.95. The Morgan fingerprint density at radius 3 is 2.55 bits per heavy atom. The number of carbonyl (C=O) groups is 2. The van der Waals surface area contributed by atoms with Crippen molar-refractivity contribution in [3.05, 3.63) is 47.5 Å². The highest BCUT2D eigenvalue weighted by molar-refractivity contribution is 6.09. The van der Waals surface area contributed by atoms with Gasteiger partial charge in [0.05, 0.1) is 18.0 Å². The summed E-state index contributed by atoms with van der Waals surface area (Å²) >= 11 is 0. The number of carboxylic acid groups (broad SMARTS) is 1. The van der Waals surface area contributed by atoms with Crippen LogP contribution >= 0.6 is 0 Å². The van der Waals surface area contributed by atoms with Crippen molar-refractivity contribution in [3.63, 3.8) is 0 Å². The van der Waals surface area contributed by atoms with Crippen molar-refractivity contribution in [2.45, 2.75) is 0 Å². The third-order valence-corrected chi connectivity index (χ3v) is 2.74. The van der Waals surface area contributed by atoms with Crippen molar-refractivity contribution in [2.24, 2.45) is 0 Å². The first-order valence-electron chi connectivity index (χ1n) is 5.59. The molecule has 2 N–H and O–H groups in total. The molecule has 2 rings (SSSR count). The third-order valence-electron chi connectivity index (χ3n) is 2.74. The molecule has 0 aliphatic heterocycles. The Kier molecular flexibility index (Phi) is 3.48. The highest BCUT2D eigenvalue weighted by atomic mass is 16.4. The van der Waals surface area contributed by atoms with Gasteiger partial charge in [-0.15, -0.1) is 0 Å². The van der Waals surface area contributed by atoms with E-state index in [0.29, 0.717) is 11.3 Å². The zero-order valence-corrected chi connectivity index (χ0v) is 10.5. The fourth-order valence-electron chi connectivity index (χ4n) is 1.66. The van der Waals surface area contributed by atoms with Gasteiger partial charge in [0.1, 0.15) is 0 Å². The predicted molar refractivity (Wildman–Crippen MR) is 69.4 cm³/mol. The number of nitriles is 1. The number of aromatic amines is 1. The van der Waals surface area contributed by atoms with Crippen LogP contribution in [-0.2, 0) is 0 Å². The van der Waals surface area contributed by atoms with Crippen molar-refractivity contribution in [1.82, 2.24) is 9.97 Å². The highest BCUT2D eigenvalue weighted by Crippen LogP contribution is 2.16. The summed E-state index contributed by atoms with van der Waals surface area (Å²) in [6.07, 6.45) is 1.16. The van der Waals surface area contributed by atoms with E-state index in [0.717, 1.165) is 6.33 Å². The summed E-state index contributed by atoms with van der Waals surface area (Å²) in [5.74, 6) is -1.80. The molecule has 7 nitrogen and oxygen atoms in total.